The average molecular weight is 312 g/mol. The van der Waals surface area contributed by atoms with Crippen LogP contribution in [-0.2, 0) is 6.54 Å². The van der Waals surface area contributed by atoms with Crippen molar-refractivity contribution in [1.82, 2.24) is 0 Å². The summed E-state index contributed by atoms with van der Waals surface area (Å²) in [6.45, 7) is 0.592. The number of methoxy groups -OCH3 is 2. The Hall–Kier alpha value is -1.62. The van der Waals surface area contributed by atoms with Crippen molar-refractivity contribution in [2.75, 3.05) is 19.5 Å². The van der Waals surface area contributed by atoms with Gasteiger partial charge < -0.3 is 19.2 Å². The highest BCUT2D eigenvalue weighted by atomic mass is 79.9. The second-order valence-corrected chi connectivity index (χ2v) is 4.41. The third-order valence-electron chi connectivity index (χ3n) is 2.49. The van der Waals surface area contributed by atoms with Crippen molar-refractivity contribution in [1.29, 1.82) is 0 Å². The van der Waals surface area contributed by atoms with Crippen LogP contribution in [0.5, 0.6) is 11.5 Å². The molecule has 5 heteroatoms. The summed E-state index contributed by atoms with van der Waals surface area (Å²) in [5, 5.41) is 3.25. The summed E-state index contributed by atoms with van der Waals surface area (Å²) in [4.78, 5) is 0. The molecule has 18 heavy (non-hydrogen) atoms. The van der Waals surface area contributed by atoms with E-state index in [9.17, 15) is 0 Å². The number of hydrogen-bond acceptors (Lipinski definition) is 4. The Labute approximate surface area is 114 Å². The van der Waals surface area contributed by atoms with Gasteiger partial charge in [-0.1, -0.05) is 0 Å². The summed E-state index contributed by atoms with van der Waals surface area (Å²) in [6, 6.07) is 9.40. The van der Waals surface area contributed by atoms with Gasteiger partial charge in [-0.25, -0.2) is 0 Å². The molecule has 0 radical (unpaired) electrons. The molecule has 1 aromatic carbocycles. The van der Waals surface area contributed by atoms with Crippen molar-refractivity contribution >= 4 is 21.6 Å². The topological polar surface area (TPSA) is 43.6 Å². The maximum absolute atomic E-state index is 5.41. The maximum Gasteiger partial charge on any atom is 0.169 e. The van der Waals surface area contributed by atoms with Crippen LogP contribution in [0.4, 0.5) is 5.69 Å². The van der Waals surface area contributed by atoms with Gasteiger partial charge in [0.1, 0.15) is 17.3 Å². The van der Waals surface area contributed by atoms with E-state index in [1.807, 2.05) is 30.3 Å². The lowest BCUT2D eigenvalue weighted by atomic mass is 10.2. The fraction of sp³-hybridized carbons (Fsp3) is 0.231. The molecule has 2 rings (SSSR count). The molecule has 1 aromatic heterocycles. The Morgan fingerprint density at radius 2 is 2.00 bits per heavy atom. The van der Waals surface area contributed by atoms with Crippen LogP contribution < -0.4 is 14.8 Å². The quantitative estimate of drug-likeness (QED) is 0.915. The smallest absolute Gasteiger partial charge is 0.169 e. The molecule has 0 aliphatic rings. The first kappa shape index (κ1) is 12.8. The number of halogens is 1. The normalized spacial score (nSPS) is 10.2. The van der Waals surface area contributed by atoms with Crippen LogP contribution >= 0.6 is 15.9 Å². The summed E-state index contributed by atoms with van der Waals surface area (Å²) >= 11 is 3.27. The van der Waals surface area contributed by atoms with Gasteiger partial charge in [-0.2, -0.15) is 0 Å². The molecule has 0 spiro atoms. The lowest BCUT2D eigenvalue weighted by Crippen LogP contribution is -2.00. The predicted octanol–water partition coefficient (Wildman–Crippen LogP) is 3.67. The molecule has 0 saturated carbocycles. The number of nitrogens with one attached hydrogen (secondary N) is 1. The number of furan rings is 1. The molecule has 0 bridgehead atoms. The first-order chi connectivity index (χ1) is 8.72. The Balaban J connectivity index is 2.08. The van der Waals surface area contributed by atoms with Gasteiger partial charge in [0.25, 0.3) is 0 Å². The van der Waals surface area contributed by atoms with E-state index >= 15 is 0 Å². The largest absolute Gasteiger partial charge is 0.497 e. The highest BCUT2D eigenvalue weighted by Crippen LogP contribution is 2.29. The van der Waals surface area contributed by atoms with Crippen molar-refractivity contribution in [3.8, 4) is 11.5 Å². The second-order valence-electron chi connectivity index (χ2n) is 3.63. The van der Waals surface area contributed by atoms with Gasteiger partial charge in [-0.05, 0) is 40.2 Å². The number of anilines is 1. The van der Waals surface area contributed by atoms with E-state index in [0.29, 0.717) is 6.54 Å². The highest BCUT2D eigenvalue weighted by Gasteiger charge is 2.06. The summed E-state index contributed by atoms with van der Waals surface area (Å²) < 4.78 is 16.6. The molecule has 0 aliphatic carbocycles. The van der Waals surface area contributed by atoms with Gasteiger partial charge in [-0.15, -0.1) is 0 Å². The monoisotopic (exact) mass is 311 g/mol. The number of benzene rings is 1. The van der Waals surface area contributed by atoms with E-state index in [1.165, 1.54) is 0 Å². The minimum Gasteiger partial charge on any atom is -0.497 e. The fourth-order valence-electron chi connectivity index (χ4n) is 1.57. The summed E-state index contributed by atoms with van der Waals surface area (Å²) in [5.74, 6) is 2.35. The zero-order valence-corrected chi connectivity index (χ0v) is 11.8. The Morgan fingerprint density at radius 1 is 1.17 bits per heavy atom. The molecule has 0 aliphatic heterocycles. The van der Waals surface area contributed by atoms with Gasteiger partial charge in [0, 0.05) is 6.07 Å². The van der Waals surface area contributed by atoms with Crippen LogP contribution in [0.25, 0.3) is 0 Å². The fourth-order valence-corrected chi connectivity index (χ4v) is 1.91. The Morgan fingerprint density at radius 3 is 2.61 bits per heavy atom. The van der Waals surface area contributed by atoms with Crippen molar-refractivity contribution < 1.29 is 13.9 Å². The predicted molar refractivity (Wildman–Crippen MR) is 73.3 cm³/mol. The van der Waals surface area contributed by atoms with Gasteiger partial charge in [0.2, 0.25) is 0 Å². The van der Waals surface area contributed by atoms with E-state index in [0.717, 1.165) is 27.6 Å². The molecule has 0 atom stereocenters. The molecule has 0 fully saturated rings. The minimum absolute atomic E-state index is 0.592. The lowest BCUT2D eigenvalue weighted by molar-refractivity contribution is 0.395. The number of ether oxygens (including phenoxy) is 2. The van der Waals surface area contributed by atoms with E-state index in [4.69, 9.17) is 13.9 Å². The molecule has 0 saturated heterocycles. The van der Waals surface area contributed by atoms with Crippen LogP contribution in [0.2, 0.25) is 0 Å². The summed E-state index contributed by atoms with van der Waals surface area (Å²) in [7, 11) is 3.26. The average Bonchev–Trinajstić information content (AvgIpc) is 2.82. The van der Waals surface area contributed by atoms with Crippen molar-refractivity contribution in [2.24, 2.45) is 0 Å². The van der Waals surface area contributed by atoms with Crippen LogP contribution in [0.1, 0.15) is 5.76 Å². The molecule has 0 unspecified atom stereocenters. The Kier molecular flexibility index (Phi) is 4.15. The van der Waals surface area contributed by atoms with E-state index in [-0.39, 0.29) is 0 Å². The van der Waals surface area contributed by atoms with Gasteiger partial charge in [-0.3, -0.25) is 0 Å². The molecular weight excluding hydrogens is 298 g/mol. The SMILES string of the molecule is COc1ccc(NCc2ccc(Br)o2)c(OC)c1. The molecule has 2 aromatic rings. The molecule has 1 heterocycles. The molecule has 96 valence electrons. The van der Waals surface area contributed by atoms with Crippen molar-refractivity contribution in [3.05, 3.63) is 40.8 Å². The van der Waals surface area contributed by atoms with Gasteiger partial charge in [0.05, 0.1) is 26.5 Å². The standard InChI is InChI=1S/C13H14BrNO3/c1-16-9-3-5-11(12(7-9)17-2)15-8-10-4-6-13(14)18-10/h3-7,15H,8H2,1-2H3. The van der Waals surface area contributed by atoms with Gasteiger partial charge >= 0.3 is 0 Å². The van der Waals surface area contributed by atoms with E-state index in [1.54, 1.807) is 14.2 Å². The second kappa shape index (κ2) is 5.82. The first-order valence-electron chi connectivity index (χ1n) is 5.43. The zero-order chi connectivity index (χ0) is 13.0. The van der Waals surface area contributed by atoms with Crippen LogP contribution in [0.15, 0.2) is 39.4 Å². The zero-order valence-electron chi connectivity index (χ0n) is 10.2. The van der Waals surface area contributed by atoms with Crippen molar-refractivity contribution in [3.63, 3.8) is 0 Å². The third-order valence-corrected chi connectivity index (χ3v) is 2.92. The molecule has 1 N–H and O–H groups in total. The number of rotatable bonds is 5. The minimum atomic E-state index is 0.592. The van der Waals surface area contributed by atoms with E-state index < -0.39 is 0 Å². The maximum atomic E-state index is 5.41. The van der Waals surface area contributed by atoms with E-state index in [2.05, 4.69) is 21.2 Å². The summed E-state index contributed by atoms with van der Waals surface area (Å²) in [5.41, 5.74) is 0.894. The number of hydrogen-bond donors (Lipinski definition) is 1. The summed E-state index contributed by atoms with van der Waals surface area (Å²) in [6.07, 6.45) is 0. The first-order valence-corrected chi connectivity index (χ1v) is 6.22. The third kappa shape index (κ3) is 2.98. The van der Waals surface area contributed by atoms with Crippen LogP contribution in [0.3, 0.4) is 0 Å². The molecule has 0 amide bonds. The molecule has 4 nitrogen and oxygen atoms in total. The Bertz CT molecular complexity index is 525. The van der Waals surface area contributed by atoms with Crippen LogP contribution in [0, 0.1) is 0 Å². The van der Waals surface area contributed by atoms with Crippen molar-refractivity contribution in [2.45, 2.75) is 6.54 Å². The molecular formula is C13H14BrNO3. The highest BCUT2D eigenvalue weighted by molar-refractivity contribution is 9.10. The lowest BCUT2D eigenvalue weighted by Gasteiger charge is -2.11. The van der Waals surface area contributed by atoms with Gasteiger partial charge in [0.15, 0.2) is 4.67 Å². The van der Waals surface area contributed by atoms with Crippen LogP contribution in [-0.4, -0.2) is 14.2 Å².